The van der Waals surface area contributed by atoms with Crippen LogP contribution in [0.5, 0.6) is 23.0 Å². The van der Waals surface area contributed by atoms with Crippen molar-refractivity contribution in [1.82, 2.24) is 4.90 Å². The Kier molecular flexibility index (Phi) is 7.85. The molecule has 4 rings (SSSR count). The van der Waals surface area contributed by atoms with Gasteiger partial charge in [0.05, 0.1) is 32.4 Å². The minimum atomic E-state index is -0.972. The molecule has 1 aliphatic heterocycles. The zero-order valence-corrected chi connectivity index (χ0v) is 21.2. The second-order valence-corrected chi connectivity index (χ2v) is 8.60. The average molecular weight is 522 g/mol. The molecule has 38 heavy (non-hydrogen) atoms. The SMILES string of the molecule is CCOc1cc([C@@H]2C(=C(O)c3ccc(F)cc3)C(=O)C(=O)N2CCc2ccc(OC)c(OC)c2)ccc1O. The molecule has 0 saturated carbocycles. The molecule has 0 bridgehead atoms. The van der Waals surface area contributed by atoms with Gasteiger partial charge in [-0.15, -0.1) is 0 Å². The lowest BCUT2D eigenvalue weighted by atomic mass is 9.94. The number of aromatic hydroxyl groups is 1. The number of nitrogens with zero attached hydrogens (tertiary/aromatic N) is 1. The van der Waals surface area contributed by atoms with Crippen LogP contribution in [0.3, 0.4) is 0 Å². The summed E-state index contributed by atoms with van der Waals surface area (Å²) in [5.41, 5.74) is 1.35. The van der Waals surface area contributed by atoms with E-state index < -0.39 is 29.3 Å². The number of carbonyl (C=O) groups excluding carboxylic acids is 2. The van der Waals surface area contributed by atoms with Crippen molar-refractivity contribution < 1.29 is 38.4 Å². The van der Waals surface area contributed by atoms with Crippen LogP contribution in [-0.4, -0.2) is 54.2 Å². The molecule has 1 amide bonds. The number of rotatable bonds is 9. The Morgan fingerprint density at radius 2 is 1.66 bits per heavy atom. The van der Waals surface area contributed by atoms with Gasteiger partial charge in [-0.3, -0.25) is 9.59 Å². The Labute approximate surface area is 219 Å². The number of phenols is 1. The first-order valence-electron chi connectivity index (χ1n) is 12.0. The molecule has 9 heteroatoms. The number of phenolic OH excluding ortho intramolecular Hbond substituents is 1. The first kappa shape index (κ1) is 26.5. The highest BCUT2D eigenvalue weighted by atomic mass is 19.1. The summed E-state index contributed by atoms with van der Waals surface area (Å²) in [6.45, 7) is 2.18. The minimum absolute atomic E-state index is 0.101. The molecule has 8 nitrogen and oxygen atoms in total. The van der Waals surface area contributed by atoms with Crippen LogP contribution in [0.1, 0.15) is 29.7 Å². The van der Waals surface area contributed by atoms with Gasteiger partial charge in [-0.1, -0.05) is 12.1 Å². The van der Waals surface area contributed by atoms with Crippen LogP contribution in [0.4, 0.5) is 4.39 Å². The van der Waals surface area contributed by atoms with Gasteiger partial charge in [0, 0.05) is 12.1 Å². The second kappa shape index (κ2) is 11.2. The Hall–Kier alpha value is -4.53. The lowest BCUT2D eigenvalue weighted by molar-refractivity contribution is -0.139. The van der Waals surface area contributed by atoms with Crippen LogP contribution in [0.15, 0.2) is 66.2 Å². The van der Waals surface area contributed by atoms with Crippen LogP contribution in [0.2, 0.25) is 0 Å². The quantitative estimate of drug-likeness (QED) is 0.241. The topological polar surface area (TPSA) is 106 Å². The zero-order chi connectivity index (χ0) is 27.4. The van der Waals surface area contributed by atoms with Gasteiger partial charge in [-0.25, -0.2) is 4.39 Å². The molecule has 3 aromatic rings. The Morgan fingerprint density at radius 3 is 2.32 bits per heavy atom. The van der Waals surface area contributed by atoms with Crippen LogP contribution in [-0.2, 0) is 16.0 Å². The highest BCUT2D eigenvalue weighted by Crippen LogP contribution is 2.42. The predicted molar refractivity (Wildman–Crippen MR) is 138 cm³/mol. The van der Waals surface area contributed by atoms with Gasteiger partial charge in [0.1, 0.15) is 11.6 Å². The minimum Gasteiger partial charge on any atom is -0.507 e. The number of benzene rings is 3. The number of ketones is 1. The van der Waals surface area contributed by atoms with Crippen molar-refractivity contribution in [3.8, 4) is 23.0 Å². The van der Waals surface area contributed by atoms with E-state index in [2.05, 4.69) is 0 Å². The Bertz CT molecular complexity index is 1380. The molecule has 1 aliphatic rings. The van der Waals surface area contributed by atoms with Gasteiger partial charge in [0.15, 0.2) is 23.0 Å². The van der Waals surface area contributed by atoms with Crippen LogP contribution in [0, 0.1) is 5.82 Å². The van der Waals surface area contributed by atoms with E-state index in [4.69, 9.17) is 14.2 Å². The number of carbonyl (C=O) groups is 2. The molecule has 198 valence electrons. The summed E-state index contributed by atoms with van der Waals surface area (Å²) < 4.78 is 29.7. The van der Waals surface area contributed by atoms with Crippen molar-refractivity contribution in [3.63, 3.8) is 0 Å². The third-order valence-electron chi connectivity index (χ3n) is 6.35. The van der Waals surface area contributed by atoms with E-state index >= 15 is 0 Å². The molecule has 1 saturated heterocycles. The maximum Gasteiger partial charge on any atom is 0.295 e. The number of hydrogen-bond donors (Lipinski definition) is 2. The van der Waals surface area contributed by atoms with Gasteiger partial charge >= 0.3 is 0 Å². The van der Waals surface area contributed by atoms with E-state index in [0.29, 0.717) is 23.5 Å². The lowest BCUT2D eigenvalue weighted by Gasteiger charge is -2.26. The standard InChI is InChI=1S/C29H28FNO7/c1-4-38-23-16-19(8-11-21(23)32)26-25(27(33)18-6-9-20(30)10-7-18)28(34)29(35)31(26)14-13-17-5-12-22(36-2)24(15-17)37-3/h5-12,15-16,26,32-33H,4,13-14H2,1-3H3/t26-/m1/s1. The van der Waals surface area contributed by atoms with E-state index in [1.54, 1.807) is 25.1 Å². The molecule has 1 atom stereocenters. The normalized spacial score (nSPS) is 16.5. The molecule has 3 aromatic carbocycles. The molecule has 0 radical (unpaired) electrons. The predicted octanol–water partition coefficient (Wildman–Crippen LogP) is 4.61. The van der Waals surface area contributed by atoms with Crippen molar-refractivity contribution in [2.24, 2.45) is 0 Å². The molecule has 1 fully saturated rings. The number of likely N-dealkylation sites (tertiary alicyclic amines) is 1. The first-order chi connectivity index (χ1) is 18.3. The van der Waals surface area contributed by atoms with Crippen molar-refractivity contribution in [3.05, 3.63) is 88.7 Å². The second-order valence-electron chi connectivity index (χ2n) is 8.60. The third kappa shape index (κ3) is 5.13. The molecule has 1 heterocycles. The van der Waals surface area contributed by atoms with Gasteiger partial charge in [0.2, 0.25) is 0 Å². The number of aliphatic hydroxyl groups is 1. The van der Waals surface area contributed by atoms with Crippen molar-refractivity contribution in [2.75, 3.05) is 27.4 Å². The summed E-state index contributed by atoms with van der Waals surface area (Å²) in [6, 6.07) is 13.9. The van der Waals surface area contributed by atoms with E-state index in [-0.39, 0.29) is 35.8 Å². The number of methoxy groups -OCH3 is 2. The molecule has 0 aromatic heterocycles. The van der Waals surface area contributed by atoms with Gasteiger partial charge in [-0.05, 0) is 73.0 Å². The fourth-order valence-corrected chi connectivity index (χ4v) is 4.48. The maximum absolute atomic E-state index is 13.5. The number of halogens is 1. The van der Waals surface area contributed by atoms with Gasteiger partial charge in [0.25, 0.3) is 11.7 Å². The molecule has 2 N–H and O–H groups in total. The highest BCUT2D eigenvalue weighted by molar-refractivity contribution is 6.46. The van der Waals surface area contributed by atoms with Crippen molar-refractivity contribution in [2.45, 2.75) is 19.4 Å². The van der Waals surface area contributed by atoms with Gasteiger partial charge in [-0.2, -0.15) is 0 Å². The first-order valence-corrected chi connectivity index (χ1v) is 12.0. The average Bonchev–Trinajstić information content (AvgIpc) is 3.18. The van der Waals surface area contributed by atoms with Crippen LogP contribution < -0.4 is 14.2 Å². The van der Waals surface area contributed by atoms with Crippen LogP contribution >= 0.6 is 0 Å². The molecule has 0 unspecified atom stereocenters. The van der Waals surface area contributed by atoms with Gasteiger partial charge < -0.3 is 29.3 Å². The smallest absolute Gasteiger partial charge is 0.295 e. The number of amides is 1. The van der Waals surface area contributed by atoms with E-state index in [0.717, 1.165) is 17.7 Å². The number of aliphatic hydroxyl groups excluding tert-OH is 1. The summed E-state index contributed by atoms with van der Waals surface area (Å²) in [5, 5.41) is 21.3. The van der Waals surface area contributed by atoms with E-state index in [1.807, 2.05) is 6.07 Å². The third-order valence-corrected chi connectivity index (χ3v) is 6.35. The Balaban J connectivity index is 1.78. The van der Waals surface area contributed by atoms with E-state index in [1.165, 1.54) is 43.4 Å². The molecule has 0 spiro atoms. The number of Topliss-reactive ketones (excluding diaryl/α,β-unsaturated/α-hetero) is 1. The fraction of sp³-hybridized carbons (Fsp3) is 0.241. The Morgan fingerprint density at radius 1 is 0.947 bits per heavy atom. The largest absolute Gasteiger partial charge is 0.507 e. The summed E-state index contributed by atoms with van der Waals surface area (Å²) in [5.74, 6) is -1.42. The van der Waals surface area contributed by atoms with Crippen molar-refractivity contribution in [1.29, 1.82) is 0 Å². The maximum atomic E-state index is 13.5. The van der Waals surface area contributed by atoms with Crippen molar-refractivity contribution >= 4 is 17.4 Å². The monoisotopic (exact) mass is 521 g/mol. The van der Waals surface area contributed by atoms with Crippen LogP contribution in [0.25, 0.3) is 5.76 Å². The molecule has 0 aliphatic carbocycles. The number of hydrogen-bond acceptors (Lipinski definition) is 7. The summed E-state index contributed by atoms with van der Waals surface area (Å²) in [6.07, 6.45) is 0.372. The number of ether oxygens (including phenoxy) is 3. The fourth-order valence-electron chi connectivity index (χ4n) is 4.48. The molecular weight excluding hydrogens is 493 g/mol. The lowest BCUT2D eigenvalue weighted by Crippen LogP contribution is -2.31. The molecular formula is C29H28FNO7. The summed E-state index contributed by atoms with van der Waals surface area (Å²) >= 11 is 0. The van der Waals surface area contributed by atoms with E-state index in [9.17, 15) is 24.2 Å². The summed E-state index contributed by atoms with van der Waals surface area (Å²) in [7, 11) is 3.06. The summed E-state index contributed by atoms with van der Waals surface area (Å²) in [4.78, 5) is 27.9. The zero-order valence-electron chi connectivity index (χ0n) is 21.2. The highest BCUT2D eigenvalue weighted by Gasteiger charge is 2.46.